The molecule has 0 spiro atoms. The highest BCUT2D eigenvalue weighted by Crippen LogP contribution is 2.67. The molecule has 1 fully saturated rings. The van der Waals surface area contributed by atoms with Gasteiger partial charge in [-0.25, -0.2) is 4.79 Å². The fraction of sp³-hybridized carbons (Fsp3) is 0.769. The monoisotopic (exact) mass is 225 g/mol. The first-order valence-corrected chi connectivity index (χ1v) is 5.80. The fourth-order valence-electron chi connectivity index (χ4n) is 2.52. The van der Waals surface area contributed by atoms with Gasteiger partial charge >= 0.3 is 5.97 Å². The minimum atomic E-state index is -0.869. The quantitative estimate of drug-likeness (QED) is 0.706. The van der Waals surface area contributed by atoms with Gasteiger partial charge < -0.3 is 10.4 Å². The molecule has 16 heavy (non-hydrogen) atoms. The average Bonchev–Trinajstić information content (AvgIpc) is 2.45. The van der Waals surface area contributed by atoms with E-state index in [4.69, 9.17) is 5.11 Å². The van der Waals surface area contributed by atoms with Crippen LogP contribution in [0.2, 0.25) is 0 Å². The summed E-state index contributed by atoms with van der Waals surface area (Å²) < 4.78 is 0. The van der Waals surface area contributed by atoms with Gasteiger partial charge in [0, 0.05) is 12.6 Å². The van der Waals surface area contributed by atoms with Gasteiger partial charge in [0.25, 0.3) is 0 Å². The van der Waals surface area contributed by atoms with Crippen molar-refractivity contribution in [3.05, 3.63) is 11.6 Å². The van der Waals surface area contributed by atoms with Crippen LogP contribution in [0.5, 0.6) is 0 Å². The van der Waals surface area contributed by atoms with Gasteiger partial charge in [0.05, 0.1) is 0 Å². The van der Waals surface area contributed by atoms with Gasteiger partial charge in [-0.1, -0.05) is 33.3 Å². The third kappa shape index (κ3) is 2.46. The zero-order valence-corrected chi connectivity index (χ0v) is 10.9. The molecule has 0 heterocycles. The van der Waals surface area contributed by atoms with E-state index >= 15 is 0 Å². The maximum atomic E-state index is 10.4. The highest BCUT2D eigenvalue weighted by Gasteiger charge is 2.63. The molecule has 1 aliphatic carbocycles. The van der Waals surface area contributed by atoms with Crippen molar-refractivity contribution in [2.45, 2.75) is 34.6 Å². The van der Waals surface area contributed by atoms with E-state index < -0.39 is 5.97 Å². The number of nitrogens with one attached hydrogen (secondary N) is 1. The first-order chi connectivity index (χ1) is 7.19. The normalized spacial score (nSPS) is 23.2. The molecule has 1 saturated carbocycles. The topological polar surface area (TPSA) is 49.3 Å². The molecule has 1 rings (SSSR count). The van der Waals surface area contributed by atoms with Gasteiger partial charge in [-0.05, 0) is 30.2 Å². The number of carboxylic acids is 1. The summed E-state index contributed by atoms with van der Waals surface area (Å²) in [6.07, 6.45) is 1.26. The first-order valence-electron chi connectivity index (χ1n) is 5.80. The lowest BCUT2D eigenvalue weighted by Gasteiger charge is -2.05. The number of hydrogen-bond acceptors (Lipinski definition) is 2. The van der Waals surface area contributed by atoms with E-state index in [2.05, 4.69) is 33.0 Å². The molecule has 0 radical (unpaired) electrons. The molecule has 1 aliphatic rings. The number of hydrogen-bond donors (Lipinski definition) is 2. The predicted octanol–water partition coefficient (Wildman–Crippen LogP) is 2.29. The highest BCUT2D eigenvalue weighted by atomic mass is 16.4. The van der Waals surface area contributed by atoms with Gasteiger partial charge in [0.2, 0.25) is 0 Å². The van der Waals surface area contributed by atoms with Crippen molar-refractivity contribution < 1.29 is 9.90 Å². The second-order valence-electron chi connectivity index (χ2n) is 5.96. The number of aliphatic carboxylic acids is 1. The molecule has 0 saturated heterocycles. The van der Waals surface area contributed by atoms with Crippen LogP contribution in [0.15, 0.2) is 11.6 Å². The molecule has 2 N–H and O–H groups in total. The Labute approximate surface area is 97.9 Å². The van der Waals surface area contributed by atoms with Crippen molar-refractivity contribution in [3.8, 4) is 0 Å². The van der Waals surface area contributed by atoms with E-state index in [1.165, 1.54) is 6.08 Å². The second kappa shape index (κ2) is 4.21. The van der Waals surface area contributed by atoms with Crippen molar-refractivity contribution in [1.29, 1.82) is 0 Å². The molecule has 0 amide bonds. The molecule has 92 valence electrons. The molecule has 0 unspecified atom stereocenters. The minimum Gasteiger partial charge on any atom is -0.478 e. The number of carbonyl (C=O) groups is 1. The third-order valence-electron chi connectivity index (χ3n) is 4.44. The molecule has 0 aromatic heterocycles. The Kier molecular flexibility index (Phi) is 3.48. The van der Waals surface area contributed by atoms with Crippen LogP contribution < -0.4 is 5.32 Å². The SMILES string of the molecule is CC(=CC(=O)O)CNCC1C(C)(C)C1(C)C. The van der Waals surface area contributed by atoms with Crippen molar-refractivity contribution in [1.82, 2.24) is 5.32 Å². The molecular weight excluding hydrogens is 202 g/mol. The van der Waals surface area contributed by atoms with Crippen LogP contribution in [0.3, 0.4) is 0 Å². The zero-order chi connectivity index (χ0) is 12.6. The Bertz CT molecular complexity index is 302. The molecule has 0 aromatic rings. The summed E-state index contributed by atoms with van der Waals surface area (Å²) in [4.78, 5) is 10.4. The maximum Gasteiger partial charge on any atom is 0.328 e. The van der Waals surface area contributed by atoms with E-state index in [1.807, 2.05) is 6.92 Å². The number of rotatable bonds is 5. The van der Waals surface area contributed by atoms with E-state index in [0.29, 0.717) is 23.3 Å². The van der Waals surface area contributed by atoms with Gasteiger partial charge in [-0.2, -0.15) is 0 Å². The van der Waals surface area contributed by atoms with Crippen molar-refractivity contribution in [2.75, 3.05) is 13.1 Å². The van der Waals surface area contributed by atoms with Crippen LogP contribution in [-0.4, -0.2) is 24.2 Å². The predicted molar refractivity (Wildman–Crippen MR) is 65.3 cm³/mol. The van der Waals surface area contributed by atoms with Crippen LogP contribution in [-0.2, 0) is 4.79 Å². The lowest BCUT2D eigenvalue weighted by molar-refractivity contribution is -0.131. The highest BCUT2D eigenvalue weighted by molar-refractivity contribution is 5.80. The van der Waals surface area contributed by atoms with Gasteiger partial charge in [0.1, 0.15) is 0 Å². The summed E-state index contributed by atoms with van der Waals surface area (Å²) in [5.74, 6) is -0.191. The van der Waals surface area contributed by atoms with Gasteiger partial charge in [0.15, 0.2) is 0 Å². The summed E-state index contributed by atoms with van der Waals surface area (Å²) in [6.45, 7) is 12.6. The molecule has 0 aromatic carbocycles. The molecular formula is C13H23NO2. The standard InChI is InChI=1S/C13H23NO2/c1-9(6-11(15)16)7-14-8-10-12(2,3)13(10,4)5/h6,10,14H,7-8H2,1-5H3,(H,15,16). The Morgan fingerprint density at radius 2 is 1.81 bits per heavy atom. The van der Waals surface area contributed by atoms with Crippen molar-refractivity contribution >= 4 is 5.97 Å². The summed E-state index contributed by atoms with van der Waals surface area (Å²) in [5, 5.41) is 11.9. The second-order valence-corrected chi connectivity index (χ2v) is 5.96. The van der Waals surface area contributed by atoms with Crippen molar-refractivity contribution in [3.63, 3.8) is 0 Å². The average molecular weight is 225 g/mol. The number of carboxylic acid groups (broad SMARTS) is 1. The summed E-state index contributed by atoms with van der Waals surface area (Å²) in [7, 11) is 0. The maximum absolute atomic E-state index is 10.4. The van der Waals surface area contributed by atoms with Crippen LogP contribution in [0.1, 0.15) is 34.6 Å². The van der Waals surface area contributed by atoms with E-state index in [0.717, 1.165) is 12.1 Å². The van der Waals surface area contributed by atoms with Gasteiger partial charge in [-0.3, -0.25) is 0 Å². The molecule has 3 heteroatoms. The third-order valence-corrected chi connectivity index (χ3v) is 4.44. The van der Waals surface area contributed by atoms with Crippen molar-refractivity contribution in [2.24, 2.45) is 16.7 Å². The van der Waals surface area contributed by atoms with E-state index in [-0.39, 0.29) is 0 Å². The lowest BCUT2D eigenvalue weighted by atomic mass is 10.0. The minimum absolute atomic E-state index is 0.393. The molecule has 3 nitrogen and oxygen atoms in total. The van der Waals surface area contributed by atoms with Crippen LogP contribution in [0, 0.1) is 16.7 Å². The van der Waals surface area contributed by atoms with Crippen LogP contribution >= 0.6 is 0 Å². The Hall–Kier alpha value is -0.830. The van der Waals surface area contributed by atoms with Crippen LogP contribution in [0.4, 0.5) is 0 Å². The Balaban J connectivity index is 2.31. The smallest absolute Gasteiger partial charge is 0.328 e. The lowest BCUT2D eigenvalue weighted by Crippen LogP contribution is -2.21. The van der Waals surface area contributed by atoms with E-state index in [9.17, 15) is 4.79 Å². The molecule has 0 bridgehead atoms. The molecule has 0 aliphatic heterocycles. The fourth-order valence-corrected chi connectivity index (χ4v) is 2.52. The van der Waals surface area contributed by atoms with E-state index in [1.54, 1.807) is 0 Å². The zero-order valence-electron chi connectivity index (χ0n) is 10.9. The van der Waals surface area contributed by atoms with Gasteiger partial charge in [-0.15, -0.1) is 0 Å². The summed E-state index contributed by atoms with van der Waals surface area (Å²) in [6, 6.07) is 0. The van der Waals surface area contributed by atoms with Crippen LogP contribution in [0.25, 0.3) is 0 Å². The molecule has 0 atom stereocenters. The first kappa shape index (κ1) is 13.2. The largest absolute Gasteiger partial charge is 0.478 e. The Morgan fingerprint density at radius 1 is 1.31 bits per heavy atom. The summed E-state index contributed by atoms with van der Waals surface area (Å²) >= 11 is 0. The summed E-state index contributed by atoms with van der Waals surface area (Å²) in [5.41, 5.74) is 1.65. The Morgan fingerprint density at radius 3 is 2.19 bits per heavy atom.